The van der Waals surface area contributed by atoms with Crippen LogP contribution in [0.1, 0.15) is 36.7 Å². The number of amides is 1. The molecular formula is C25H36N4O4S. The van der Waals surface area contributed by atoms with Crippen molar-refractivity contribution in [2.75, 3.05) is 63.1 Å². The Balaban J connectivity index is 1.74. The van der Waals surface area contributed by atoms with Crippen LogP contribution in [-0.2, 0) is 20.2 Å². The van der Waals surface area contributed by atoms with E-state index in [9.17, 15) is 13.2 Å². The molecule has 1 heterocycles. The first-order chi connectivity index (χ1) is 16.0. The third-order valence-electron chi connectivity index (χ3n) is 5.82. The molecular weight excluding hydrogens is 452 g/mol. The Morgan fingerprint density at radius 2 is 1.71 bits per heavy atom. The number of carbonyl (C=O) groups is 1. The SMILES string of the molecule is CN(C)c1ccc(NS(=O)(=O)c2ccc(C(C)(C)C)cc2)cc1C(=O)NCCN1CCOCC1. The molecule has 1 amide bonds. The number of rotatable bonds is 8. The lowest BCUT2D eigenvalue weighted by atomic mass is 9.87. The van der Waals surface area contributed by atoms with Crippen LogP contribution in [0.15, 0.2) is 47.4 Å². The van der Waals surface area contributed by atoms with E-state index in [1.54, 1.807) is 30.3 Å². The van der Waals surface area contributed by atoms with Gasteiger partial charge in [0.15, 0.2) is 0 Å². The summed E-state index contributed by atoms with van der Waals surface area (Å²) in [4.78, 5) is 17.2. The lowest BCUT2D eigenvalue weighted by Crippen LogP contribution is -2.41. The zero-order valence-corrected chi connectivity index (χ0v) is 21.5. The van der Waals surface area contributed by atoms with Gasteiger partial charge in [-0.05, 0) is 41.3 Å². The Kier molecular flexibility index (Phi) is 8.22. The molecule has 3 rings (SSSR count). The van der Waals surface area contributed by atoms with Crippen LogP contribution in [0.4, 0.5) is 11.4 Å². The van der Waals surface area contributed by atoms with E-state index in [0.717, 1.165) is 25.2 Å². The largest absolute Gasteiger partial charge is 0.379 e. The fourth-order valence-corrected chi connectivity index (χ4v) is 4.82. The van der Waals surface area contributed by atoms with E-state index >= 15 is 0 Å². The zero-order chi connectivity index (χ0) is 24.9. The van der Waals surface area contributed by atoms with E-state index < -0.39 is 10.0 Å². The van der Waals surface area contributed by atoms with Crippen molar-refractivity contribution >= 4 is 27.3 Å². The summed E-state index contributed by atoms with van der Waals surface area (Å²) in [5.74, 6) is -0.243. The minimum Gasteiger partial charge on any atom is -0.379 e. The smallest absolute Gasteiger partial charge is 0.261 e. The number of nitrogens with one attached hydrogen (secondary N) is 2. The van der Waals surface area contributed by atoms with Crippen molar-refractivity contribution in [3.05, 3.63) is 53.6 Å². The first-order valence-electron chi connectivity index (χ1n) is 11.5. The fourth-order valence-electron chi connectivity index (χ4n) is 3.77. The Labute approximate surface area is 203 Å². The summed E-state index contributed by atoms with van der Waals surface area (Å²) >= 11 is 0. The number of ether oxygens (including phenoxy) is 1. The van der Waals surface area contributed by atoms with Gasteiger partial charge in [0.05, 0.1) is 23.7 Å². The quantitative estimate of drug-likeness (QED) is 0.594. The van der Waals surface area contributed by atoms with Crippen LogP contribution in [0.3, 0.4) is 0 Å². The highest BCUT2D eigenvalue weighted by Gasteiger charge is 2.20. The third-order valence-corrected chi connectivity index (χ3v) is 7.22. The van der Waals surface area contributed by atoms with E-state index in [-0.39, 0.29) is 16.2 Å². The van der Waals surface area contributed by atoms with Gasteiger partial charge in [-0.1, -0.05) is 32.9 Å². The molecule has 0 bridgehead atoms. The predicted octanol–water partition coefficient (Wildman–Crippen LogP) is 2.91. The maximum atomic E-state index is 13.0. The molecule has 1 fully saturated rings. The minimum atomic E-state index is -3.80. The topological polar surface area (TPSA) is 91.0 Å². The van der Waals surface area contributed by atoms with Crippen molar-refractivity contribution in [1.29, 1.82) is 0 Å². The van der Waals surface area contributed by atoms with Crippen molar-refractivity contribution in [3.63, 3.8) is 0 Å². The van der Waals surface area contributed by atoms with E-state index in [4.69, 9.17) is 4.74 Å². The number of hydrogen-bond acceptors (Lipinski definition) is 6. The second-order valence-electron chi connectivity index (χ2n) is 9.72. The second kappa shape index (κ2) is 10.8. The molecule has 8 nitrogen and oxygen atoms in total. The van der Waals surface area contributed by atoms with Crippen LogP contribution in [0.25, 0.3) is 0 Å². The van der Waals surface area contributed by atoms with Crippen LogP contribution in [0.5, 0.6) is 0 Å². The molecule has 1 aliphatic heterocycles. The Morgan fingerprint density at radius 1 is 1.06 bits per heavy atom. The zero-order valence-electron chi connectivity index (χ0n) is 20.7. The summed E-state index contributed by atoms with van der Waals surface area (Å²) < 4.78 is 33.9. The Morgan fingerprint density at radius 3 is 2.29 bits per heavy atom. The van der Waals surface area contributed by atoms with Crippen LogP contribution in [-0.4, -0.2) is 72.7 Å². The molecule has 9 heteroatoms. The first-order valence-corrected chi connectivity index (χ1v) is 13.0. The normalized spacial score (nSPS) is 15.1. The molecule has 0 aromatic heterocycles. The van der Waals surface area contributed by atoms with Gasteiger partial charge in [-0.3, -0.25) is 14.4 Å². The van der Waals surface area contributed by atoms with Crippen molar-refractivity contribution in [1.82, 2.24) is 10.2 Å². The van der Waals surface area contributed by atoms with Gasteiger partial charge < -0.3 is 15.0 Å². The molecule has 34 heavy (non-hydrogen) atoms. The highest BCUT2D eigenvalue weighted by molar-refractivity contribution is 7.92. The molecule has 0 unspecified atom stereocenters. The van der Waals surface area contributed by atoms with Crippen LogP contribution >= 0.6 is 0 Å². The van der Waals surface area contributed by atoms with Crippen molar-refractivity contribution < 1.29 is 17.9 Å². The lowest BCUT2D eigenvalue weighted by molar-refractivity contribution is 0.0383. The second-order valence-corrected chi connectivity index (χ2v) is 11.4. The van der Waals surface area contributed by atoms with Gasteiger partial charge in [-0.15, -0.1) is 0 Å². The van der Waals surface area contributed by atoms with E-state index in [2.05, 4.69) is 35.7 Å². The number of sulfonamides is 1. The van der Waals surface area contributed by atoms with Gasteiger partial charge in [-0.2, -0.15) is 0 Å². The average Bonchev–Trinajstić information content (AvgIpc) is 2.79. The summed E-state index contributed by atoms with van der Waals surface area (Å²) in [6.07, 6.45) is 0. The summed E-state index contributed by atoms with van der Waals surface area (Å²) in [5.41, 5.74) is 2.44. The minimum absolute atomic E-state index is 0.0677. The molecule has 0 atom stereocenters. The summed E-state index contributed by atoms with van der Waals surface area (Å²) in [6.45, 7) is 10.6. The molecule has 0 spiro atoms. The van der Waals surface area contributed by atoms with Gasteiger partial charge >= 0.3 is 0 Å². The lowest BCUT2D eigenvalue weighted by Gasteiger charge is -2.26. The Bertz CT molecular complexity index is 1090. The number of benzene rings is 2. The third kappa shape index (κ3) is 6.71. The number of nitrogens with zero attached hydrogens (tertiary/aromatic N) is 2. The molecule has 186 valence electrons. The number of anilines is 2. The Hall–Kier alpha value is -2.62. The molecule has 2 aromatic rings. The molecule has 0 saturated carbocycles. The van der Waals surface area contributed by atoms with Gasteiger partial charge in [0.1, 0.15) is 0 Å². The van der Waals surface area contributed by atoms with E-state index in [1.807, 2.05) is 31.1 Å². The van der Waals surface area contributed by atoms with Gasteiger partial charge in [0.2, 0.25) is 0 Å². The maximum Gasteiger partial charge on any atom is 0.261 e. The van der Waals surface area contributed by atoms with Crippen LogP contribution in [0, 0.1) is 0 Å². The summed E-state index contributed by atoms with van der Waals surface area (Å²) in [5, 5.41) is 2.96. The molecule has 2 N–H and O–H groups in total. The molecule has 1 aliphatic rings. The summed E-state index contributed by atoms with van der Waals surface area (Å²) in [6, 6.07) is 11.9. The van der Waals surface area contributed by atoms with Crippen LogP contribution in [0.2, 0.25) is 0 Å². The van der Waals surface area contributed by atoms with E-state index in [0.29, 0.717) is 36.7 Å². The number of hydrogen-bond donors (Lipinski definition) is 2. The van der Waals surface area contributed by atoms with Crippen molar-refractivity contribution in [3.8, 4) is 0 Å². The average molecular weight is 489 g/mol. The fraction of sp³-hybridized carbons (Fsp3) is 0.480. The highest BCUT2D eigenvalue weighted by atomic mass is 32.2. The van der Waals surface area contributed by atoms with Crippen LogP contribution < -0.4 is 14.9 Å². The van der Waals surface area contributed by atoms with E-state index in [1.165, 1.54) is 0 Å². The van der Waals surface area contributed by atoms with Gasteiger partial charge in [0, 0.05) is 51.6 Å². The van der Waals surface area contributed by atoms with Crippen molar-refractivity contribution in [2.45, 2.75) is 31.1 Å². The molecule has 1 saturated heterocycles. The standard InChI is InChI=1S/C25H36N4O4S/c1-25(2,3)19-6-9-21(10-7-19)34(31,32)27-20-8-11-23(28(4)5)22(18-20)24(30)26-12-13-29-14-16-33-17-15-29/h6-11,18,27H,12-17H2,1-5H3,(H,26,30). The van der Waals surface area contributed by atoms with Crippen molar-refractivity contribution in [2.24, 2.45) is 0 Å². The van der Waals surface area contributed by atoms with Gasteiger partial charge in [-0.25, -0.2) is 8.42 Å². The maximum absolute atomic E-state index is 13.0. The monoisotopic (exact) mass is 488 g/mol. The van der Waals surface area contributed by atoms with Gasteiger partial charge in [0.25, 0.3) is 15.9 Å². The highest BCUT2D eigenvalue weighted by Crippen LogP contribution is 2.27. The molecule has 2 aromatic carbocycles. The summed E-state index contributed by atoms with van der Waals surface area (Å²) in [7, 11) is -0.101. The molecule has 0 aliphatic carbocycles. The number of carbonyl (C=O) groups excluding carboxylic acids is 1. The number of morpholine rings is 1. The predicted molar refractivity (Wildman–Crippen MR) is 136 cm³/mol. The first kappa shape index (κ1) is 26.0. The molecule has 0 radical (unpaired) electrons.